The van der Waals surface area contributed by atoms with Crippen molar-refractivity contribution in [3.05, 3.63) is 23.3 Å². The molecule has 0 atom stereocenters. The Morgan fingerprint density at radius 1 is 0.778 bits per heavy atom. The van der Waals surface area contributed by atoms with Crippen LogP contribution in [0.25, 0.3) is 0 Å². The zero-order valence-electron chi connectivity index (χ0n) is 10.9. The van der Waals surface area contributed by atoms with E-state index in [9.17, 15) is 0 Å². The summed E-state index contributed by atoms with van der Waals surface area (Å²) in [5, 5.41) is 0. The quantitative estimate of drug-likeness (QED) is 0.514. The lowest BCUT2D eigenvalue weighted by atomic mass is 9.97. The van der Waals surface area contributed by atoms with E-state index in [0.717, 1.165) is 0 Å². The predicted molar refractivity (Wildman–Crippen MR) is 79.4 cm³/mol. The molecule has 2 aliphatic rings. The van der Waals surface area contributed by atoms with Crippen LogP contribution in [0.1, 0.15) is 64.2 Å². The molecule has 0 amide bonds. The average Bonchev–Trinajstić information content (AvgIpc) is 2.73. The maximum Gasteiger partial charge on any atom is 0.313 e. The van der Waals surface area contributed by atoms with Gasteiger partial charge in [0.1, 0.15) is 0 Å². The Balaban J connectivity index is 0.000000357. The van der Waals surface area contributed by atoms with Gasteiger partial charge in [-0.3, -0.25) is 4.79 Å². The second-order valence-corrected chi connectivity index (χ2v) is 5.76. The topological polar surface area (TPSA) is 17.1 Å². The highest BCUT2D eigenvalue weighted by molar-refractivity contribution is 6.93. The lowest BCUT2D eigenvalue weighted by molar-refractivity contribution is 0.275. The number of hydrogen-bond donors (Lipinski definition) is 0. The van der Waals surface area contributed by atoms with E-state index in [0.29, 0.717) is 0 Å². The highest BCUT2D eigenvalue weighted by atomic mass is 35.5. The van der Waals surface area contributed by atoms with Crippen molar-refractivity contribution in [1.82, 2.24) is 0 Å². The van der Waals surface area contributed by atoms with Crippen LogP contribution in [0.15, 0.2) is 23.3 Å². The number of allylic oxidation sites excluding steroid dienone is 4. The first-order valence-corrected chi connectivity index (χ1v) is 7.69. The van der Waals surface area contributed by atoms with Gasteiger partial charge < -0.3 is 0 Å². The molecule has 0 unspecified atom stereocenters. The first-order chi connectivity index (χ1) is 8.70. The van der Waals surface area contributed by atoms with Crippen LogP contribution in [0.4, 0.5) is 4.79 Å². The Morgan fingerprint density at radius 2 is 1.17 bits per heavy atom. The van der Waals surface area contributed by atoms with Gasteiger partial charge in [-0.05, 0) is 85.7 Å². The Labute approximate surface area is 120 Å². The van der Waals surface area contributed by atoms with Crippen LogP contribution >= 0.6 is 23.2 Å². The molecule has 0 aromatic carbocycles. The monoisotopic (exact) mass is 288 g/mol. The average molecular weight is 289 g/mol. The van der Waals surface area contributed by atoms with E-state index in [2.05, 4.69) is 35.4 Å². The van der Waals surface area contributed by atoms with Gasteiger partial charge in [-0.25, -0.2) is 0 Å². The summed E-state index contributed by atoms with van der Waals surface area (Å²) in [4.78, 5) is 8.98. The van der Waals surface area contributed by atoms with E-state index < -0.39 is 4.70 Å². The molecule has 0 fully saturated rings. The van der Waals surface area contributed by atoms with Gasteiger partial charge in [-0.1, -0.05) is 25.0 Å². The van der Waals surface area contributed by atoms with E-state index in [1.54, 1.807) is 11.1 Å². The van der Waals surface area contributed by atoms with Crippen LogP contribution < -0.4 is 0 Å². The maximum atomic E-state index is 8.98. The Kier molecular flexibility index (Phi) is 8.45. The molecule has 0 aromatic heterocycles. The number of carbonyl (C=O) groups excluding carboxylic acids is 1. The number of halogens is 2. The molecule has 0 aliphatic heterocycles. The zero-order valence-corrected chi connectivity index (χ0v) is 12.4. The summed E-state index contributed by atoms with van der Waals surface area (Å²) >= 11 is 8.80. The van der Waals surface area contributed by atoms with Gasteiger partial charge in [-0.15, -0.1) is 0 Å². The van der Waals surface area contributed by atoms with Crippen LogP contribution in [0.5, 0.6) is 0 Å². The fourth-order valence-electron chi connectivity index (χ4n) is 2.61. The van der Waals surface area contributed by atoms with E-state index in [1.165, 1.54) is 64.2 Å². The summed E-state index contributed by atoms with van der Waals surface area (Å²) in [6, 6.07) is 0. The van der Waals surface area contributed by atoms with Gasteiger partial charge in [0.05, 0.1) is 0 Å². The molecule has 0 bridgehead atoms. The molecule has 0 N–H and O–H groups in total. The fraction of sp³-hybridized carbons (Fsp3) is 0.667. The van der Waals surface area contributed by atoms with Gasteiger partial charge in [0.25, 0.3) is 0 Å². The number of carbonyl (C=O) groups is 1. The molecule has 2 aliphatic carbocycles. The second-order valence-electron chi connectivity index (χ2n) is 4.88. The largest absolute Gasteiger partial charge is 0.313 e. The molecule has 0 radical (unpaired) electrons. The number of hydrogen-bond acceptors (Lipinski definition) is 1. The first kappa shape index (κ1) is 15.8. The molecule has 3 heteroatoms. The molecule has 0 saturated carbocycles. The van der Waals surface area contributed by atoms with Crippen molar-refractivity contribution >= 4 is 27.9 Å². The maximum absolute atomic E-state index is 8.98. The minimum Gasteiger partial charge on any atom is -0.262 e. The van der Waals surface area contributed by atoms with Gasteiger partial charge in [0.15, 0.2) is 0 Å². The lowest BCUT2D eigenvalue weighted by Gasteiger charge is -2.09. The third-order valence-corrected chi connectivity index (χ3v) is 3.49. The predicted octanol–water partition coefficient (Wildman–Crippen LogP) is 6.35. The van der Waals surface area contributed by atoms with Crippen LogP contribution in [-0.2, 0) is 0 Å². The molecule has 1 nitrogen and oxygen atoms in total. The normalized spacial score (nSPS) is 20.6. The summed E-state index contributed by atoms with van der Waals surface area (Å²) in [7, 11) is 0. The summed E-state index contributed by atoms with van der Waals surface area (Å²) < 4.78 is -0.889. The minimum absolute atomic E-state index is 0.889. The lowest BCUT2D eigenvalue weighted by Crippen LogP contribution is -1.89. The van der Waals surface area contributed by atoms with Gasteiger partial charge in [0, 0.05) is 0 Å². The molecule has 2 rings (SSSR count). The van der Waals surface area contributed by atoms with Crippen molar-refractivity contribution in [2.45, 2.75) is 64.2 Å². The highest BCUT2D eigenvalue weighted by Gasteiger charge is 2.09. The molecule has 0 heterocycles. The molecule has 102 valence electrons. The SMILES string of the molecule is C1=C(C2=CCCCCC2)CCCCC1.O=C(Cl)Cl. The van der Waals surface area contributed by atoms with Crippen molar-refractivity contribution in [3.8, 4) is 0 Å². The van der Waals surface area contributed by atoms with Gasteiger partial charge >= 0.3 is 4.70 Å². The Morgan fingerprint density at radius 3 is 1.56 bits per heavy atom. The smallest absolute Gasteiger partial charge is 0.262 e. The third-order valence-electron chi connectivity index (χ3n) is 3.49. The highest BCUT2D eigenvalue weighted by Crippen LogP contribution is 2.29. The Bertz CT molecular complexity index is 288. The summed E-state index contributed by atoms with van der Waals surface area (Å²) in [5.74, 6) is 0. The fourth-order valence-corrected chi connectivity index (χ4v) is 2.61. The molecule has 18 heavy (non-hydrogen) atoms. The first-order valence-electron chi connectivity index (χ1n) is 6.93. The van der Waals surface area contributed by atoms with Crippen LogP contribution in [-0.4, -0.2) is 4.70 Å². The van der Waals surface area contributed by atoms with Crippen molar-refractivity contribution in [2.75, 3.05) is 0 Å². The van der Waals surface area contributed by atoms with Crippen LogP contribution in [0, 0.1) is 0 Å². The van der Waals surface area contributed by atoms with Gasteiger partial charge in [0.2, 0.25) is 0 Å². The van der Waals surface area contributed by atoms with E-state index in [-0.39, 0.29) is 0 Å². The molecular weight excluding hydrogens is 267 g/mol. The minimum atomic E-state index is -0.889. The van der Waals surface area contributed by atoms with Crippen molar-refractivity contribution < 1.29 is 4.79 Å². The third kappa shape index (κ3) is 7.23. The Hall–Kier alpha value is -0.270. The number of rotatable bonds is 1. The standard InChI is InChI=1S/C14H22.CCl2O/c1-2-6-10-13(9-5-1)14-11-7-3-4-8-12-14;2-1(3)4/h9,11H,1-8,10,12H2;. The molecule has 0 saturated heterocycles. The van der Waals surface area contributed by atoms with Crippen LogP contribution in [0.2, 0.25) is 0 Å². The van der Waals surface area contributed by atoms with Gasteiger partial charge in [-0.2, -0.15) is 0 Å². The van der Waals surface area contributed by atoms with Crippen LogP contribution in [0.3, 0.4) is 0 Å². The van der Waals surface area contributed by atoms with E-state index >= 15 is 0 Å². The molecule has 0 spiro atoms. The summed E-state index contributed by atoms with van der Waals surface area (Å²) in [5.41, 5.74) is 3.40. The molecular formula is C15H22Cl2O. The zero-order chi connectivity index (χ0) is 13.2. The molecule has 0 aromatic rings. The van der Waals surface area contributed by atoms with E-state index in [4.69, 9.17) is 4.79 Å². The van der Waals surface area contributed by atoms with Crippen molar-refractivity contribution in [3.63, 3.8) is 0 Å². The van der Waals surface area contributed by atoms with E-state index in [1.807, 2.05) is 0 Å². The van der Waals surface area contributed by atoms with Crippen molar-refractivity contribution in [1.29, 1.82) is 0 Å². The van der Waals surface area contributed by atoms with Crippen molar-refractivity contribution in [2.24, 2.45) is 0 Å². The summed E-state index contributed by atoms with van der Waals surface area (Å²) in [6.07, 6.45) is 18.9. The summed E-state index contributed by atoms with van der Waals surface area (Å²) in [6.45, 7) is 0. The second kappa shape index (κ2) is 9.63.